The Kier molecular flexibility index (Phi) is 6.24. The molecular weight excluding hydrogens is 142 g/mol. The van der Waals surface area contributed by atoms with Gasteiger partial charge in [-0.25, -0.2) is 0 Å². The van der Waals surface area contributed by atoms with Crippen LogP contribution in [0, 0.1) is 5.92 Å². The molecule has 0 aromatic rings. The van der Waals surface area contributed by atoms with Gasteiger partial charge >= 0.3 is 0 Å². The highest BCUT2D eigenvalue weighted by molar-refractivity contribution is 7.99. The molecule has 10 heavy (non-hydrogen) atoms. The first-order chi connectivity index (χ1) is 4.76. The molecule has 0 aliphatic carbocycles. The Labute approximate surface area is 68.8 Å². The minimum atomic E-state index is 0.667. The van der Waals surface area contributed by atoms with E-state index in [2.05, 4.69) is 20.1 Å². The first kappa shape index (κ1) is 10.3. The van der Waals surface area contributed by atoms with Crippen LogP contribution in [0.1, 0.15) is 26.7 Å². The van der Waals surface area contributed by atoms with E-state index in [1.165, 1.54) is 12.8 Å². The van der Waals surface area contributed by atoms with Gasteiger partial charge in [-0.15, -0.1) is 0 Å². The molecule has 62 valence electrons. The van der Waals surface area contributed by atoms with Crippen molar-refractivity contribution in [3.63, 3.8) is 0 Å². The number of hydrogen-bond acceptors (Lipinski definition) is 2. The summed E-state index contributed by atoms with van der Waals surface area (Å²) < 4.78 is 0. The second-order valence-electron chi connectivity index (χ2n) is 2.78. The van der Waals surface area contributed by atoms with Gasteiger partial charge in [0.15, 0.2) is 0 Å². The second kappa shape index (κ2) is 6.05. The van der Waals surface area contributed by atoms with E-state index < -0.39 is 0 Å². The van der Waals surface area contributed by atoms with Crippen molar-refractivity contribution in [2.45, 2.75) is 31.9 Å². The van der Waals surface area contributed by atoms with Crippen molar-refractivity contribution in [3.05, 3.63) is 0 Å². The highest BCUT2D eigenvalue weighted by Gasteiger charge is 2.12. The zero-order chi connectivity index (χ0) is 7.98. The number of hydrogen-bond donors (Lipinski definition) is 1. The lowest BCUT2D eigenvalue weighted by atomic mass is 10.0. The van der Waals surface area contributed by atoms with Crippen LogP contribution in [0.4, 0.5) is 0 Å². The molecule has 0 amide bonds. The third-order valence-electron chi connectivity index (χ3n) is 1.91. The van der Waals surface area contributed by atoms with Crippen molar-refractivity contribution in [1.29, 1.82) is 0 Å². The normalized spacial score (nSPS) is 16.8. The predicted molar refractivity (Wildman–Crippen MR) is 50.4 cm³/mol. The molecule has 0 aliphatic rings. The molecule has 2 N–H and O–H groups in total. The summed E-state index contributed by atoms with van der Waals surface area (Å²) in [4.78, 5) is 0. The van der Waals surface area contributed by atoms with Gasteiger partial charge in [0, 0.05) is 11.8 Å². The topological polar surface area (TPSA) is 26.0 Å². The fraction of sp³-hybridized carbons (Fsp3) is 1.00. The summed E-state index contributed by atoms with van der Waals surface area (Å²) in [6.45, 7) is 5.34. The van der Waals surface area contributed by atoms with Crippen LogP contribution in [0.15, 0.2) is 0 Å². The molecule has 0 saturated carbocycles. The first-order valence-electron chi connectivity index (χ1n) is 3.99. The predicted octanol–water partition coefficient (Wildman–Crippen LogP) is 2.11. The Morgan fingerprint density at radius 1 is 1.50 bits per heavy atom. The standard InChI is InChI=1S/C8H19NS/c1-4-5-7(2)8(6-9)10-3/h7-8H,4-6,9H2,1-3H3. The van der Waals surface area contributed by atoms with Gasteiger partial charge in [-0.1, -0.05) is 20.3 Å². The average molecular weight is 161 g/mol. The number of nitrogens with two attached hydrogens (primary N) is 1. The summed E-state index contributed by atoms with van der Waals surface area (Å²) in [6.07, 6.45) is 4.73. The molecule has 0 aromatic carbocycles. The lowest BCUT2D eigenvalue weighted by Gasteiger charge is -2.19. The first-order valence-corrected chi connectivity index (χ1v) is 5.27. The summed E-state index contributed by atoms with van der Waals surface area (Å²) in [5, 5.41) is 0.667. The van der Waals surface area contributed by atoms with Crippen molar-refractivity contribution in [1.82, 2.24) is 0 Å². The van der Waals surface area contributed by atoms with Gasteiger partial charge in [-0.2, -0.15) is 11.8 Å². The van der Waals surface area contributed by atoms with Gasteiger partial charge in [0.2, 0.25) is 0 Å². The summed E-state index contributed by atoms with van der Waals surface area (Å²) in [5.74, 6) is 0.782. The Morgan fingerprint density at radius 2 is 2.10 bits per heavy atom. The fourth-order valence-electron chi connectivity index (χ4n) is 1.20. The summed E-state index contributed by atoms with van der Waals surface area (Å²) >= 11 is 1.89. The van der Waals surface area contributed by atoms with Gasteiger partial charge < -0.3 is 5.73 Å². The number of rotatable bonds is 5. The zero-order valence-electron chi connectivity index (χ0n) is 7.26. The largest absolute Gasteiger partial charge is 0.329 e. The number of thioether (sulfide) groups is 1. The van der Waals surface area contributed by atoms with Gasteiger partial charge in [-0.05, 0) is 18.6 Å². The third-order valence-corrected chi connectivity index (χ3v) is 3.18. The van der Waals surface area contributed by atoms with Crippen LogP contribution in [0.25, 0.3) is 0 Å². The van der Waals surface area contributed by atoms with Crippen molar-refractivity contribution < 1.29 is 0 Å². The second-order valence-corrected chi connectivity index (χ2v) is 3.85. The molecule has 0 radical (unpaired) electrons. The van der Waals surface area contributed by atoms with Gasteiger partial charge in [0.05, 0.1) is 0 Å². The monoisotopic (exact) mass is 161 g/mol. The van der Waals surface area contributed by atoms with E-state index in [0.717, 1.165) is 12.5 Å². The highest BCUT2D eigenvalue weighted by atomic mass is 32.2. The quantitative estimate of drug-likeness (QED) is 0.668. The van der Waals surface area contributed by atoms with Crippen LogP contribution in [-0.2, 0) is 0 Å². The van der Waals surface area contributed by atoms with Crippen LogP contribution in [0.2, 0.25) is 0 Å². The van der Waals surface area contributed by atoms with Crippen LogP contribution < -0.4 is 5.73 Å². The van der Waals surface area contributed by atoms with E-state index in [4.69, 9.17) is 5.73 Å². The third kappa shape index (κ3) is 3.47. The van der Waals surface area contributed by atoms with Gasteiger partial charge in [-0.3, -0.25) is 0 Å². The lowest BCUT2D eigenvalue weighted by Crippen LogP contribution is -2.23. The fourth-order valence-corrected chi connectivity index (χ4v) is 2.00. The van der Waals surface area contributed by atoms with Crippen molar-refractivity contribution in [2.24, 2.45) is 11.7 Å². The Bertz CT molecular complexity index is 71.7. The van der Waals surface area contributed by atoms with Gasteiger partial charge in [0.25, 0.3) is 0 Å². The molecule has 2 unspecified atom stereocenters. The Morgan fingerprint density at radius 3 is 2.40 bits per heavy atom. The lowest BCUT2D eigenvalue weighted by molar-refractivity contribution is 0.506. The molecule has 0 saturated heterocycles. The molecule has 0 heterocycles. The molecule has 0 aliphatic heterocycles. The highest BCUT2D eigenvalue weighted by Crippen LogP contribution is 2.19. The SMILES string of the molecule is CCCC(C)C(CN)SC. The van der Waals surface area contributed by atoms with E-state index >= 15 is 0 Å². The van der Waals surface area contributed by atoms with Crippen molar-refractivity contribution in [2.75, 3.05) is 12.8 Å². The smallest absolute Gasteiger partial charge is 0.0193 e. The minimum absolute atomic E-state index is 0.667. The Hall–Kier alpha value is 0.310. The molecule has 0 aromatic heterocycles. The molecule has 0 spiro atoms. The van der Waals surface area contributed by atoms with Crippen LogP contribution in [-0.4, -0.2) is 18.1 Å². The van der Waals surface area contributed by atoms with Crippen molar-refractivity contribution in [3.8, 4) is 0 Å². The van der Waals surface area contributed by atoms with E-state index in [9.17, 15) is 0 Å². The molecule has 2 heteroatoms. The molecule has 0 fully saturated rings. The van der Waals surface area contributed by atoms with Crippen LogP contribution in [0.3, 0.4) is 0 Å². The van der Waals surface area contributed by atoms with Gasteiger partial charge in [0.1, 0.15) is 0 Å². The summed E-state index contributed by atoms with van der Waals surface area (Å²) in [5.41, 5.74) is 5.59. The summed E-state index contributed by atoms with van der Waals surface area (Å²) in [7, 11) is 0. The van der Waals surface area contributed by atoms with Crippen LogP contribution >= 0.6 is 11.8 Å². The molecular formula is C8H19NS. The Balaban J connectivity index is 3.53. The van der Waals surface area contributed by atoms with E-state index in [1.54, 1.807) is 0 Å². The van der Waals surface area contributed by atoms with Crippen molar-refractivity contribution >= 4 is 11.8 Å². The average Bonchev–Trinajstić information content (AvgIpc) is 1.91. The maximum Gasteiger partial charge on any atom is 0.0193 e. The maximum atomic E-state index is 5.59. The molecule has 0 bridgehead atoms. The molecule has 1 nitrogen and oxygen atoms in total. The minimum Gasteiger partial charge on any atom is -0.329 e. The molecule has 0 rings (SSSR count). The van der Waals surface area contributed by atoms with E-state index in [0.29, 0.717) is 5.25 Å². The molecule has 2 atom stereocenters. The van der Waals surface area contributed by atoms with Crippen LogP contribution in [0.5, 0.6) is 0 Å². The van der Waals surface area contributed by atoms with E-state index in [-0.39, 0.29) is 0 Å². The zero-order valence-corrected chi connectivity index (χ0v) is 8.08. The van der Waals surface area contributed by atoms with E-state index in [1.807, 2.05) is 11.8 Å². The maximum absolute atomic E-state index is 5.59. The summed E-state index contributed by atoms with van der Waals surface area (Å²) in [6, 6.07) is 0.